The van der Waals surface area contributed by atoms with Crippen LogP contribution in [-0.4, -0.2) is 32.6 Å². The summed E-state index contributed by atoms with van der Waals surface area (Å²) < 4.78 is 7.72. The van der Waals surface area contributed by atoms with Crippen molar-refractivity contribution in [3.05, 3.63) is 54.1 Å². The quantitative estimate of drug-likeness (QED) is 0.417. The van der Waals surface area contributed by atoms with Crippen molar-refractivity contribution in [2.75, 3.05) is 12.0 Å². The van der Waals surface area contributed by atoms with Gasteiger partial charge in [-0.15, -0.1) is 10.2 Å². The van der Waals surface area contributed by atoms with E-state index in [4.69, 9.17) is 4.74 Å². The Labute approximate surface area is 156 Å². The molecule has 0 radical (unpaired) electrons. The van der Waals surface area contributed by atoms with Crippen LogP contribution in [0.25, 0.3) is 22.1 Å². The topological polar surface area (TPSA) is 77.2 Å². The highest BCUT2D eigenvalue weighted by Crippen LogP contribution is 2.26. The number of nitrogens with zero attached hydrogens (tertiary/aromatic N) is 5. The summed E-state index contributed by atoms with van der Waals surface area (Å²) in [7, 11) is 0. The minimum Gasteiger partial charge on any atom is -0.493 e. The summed E-state index contributed by atoms with van der Waals surface area (Å²) in [5.74, 6) is 1.14. The lowest BCUT2D eigenvalue weighted by atomic mass is 10.2. The summed E-state index contributed by atoms with van der Waals surface area (Å²) in [6, 6.07) is 15.8. The fourth-order valence-corrected chi connectivity index (χ4v) is 3.10. The van der Waals surface area contributed by atoms with Crippen LogP contribution in [0.2, 0.25) is 0 Å². The highest BCUT2D eigenvalue weighted by Gasteiger charge is 2.13. The number of hydrazone groups is 1. The summed E-state index contributed by atoms with van der Waals surface area (Å²) in [5, 5.41) is 13.8. The Hall–Kier alpha value is -3.48. The van der Waals surface area contributed by atoms with E-state index in [9.17, 15) is 0 Å². The number of ether oxygens (including phenoxy) is 1. The smallest absolute Gasteiger partial charge is 0.265 e. The zero-order valence-electron chi connectivity index (χ0n) is 15.3. The Morgan fingerprint density at radius 2 is 1.89 bits per heavy atom. The van der Waals surface area contributed by atoms with Crippen LogP contribution in [0, 0.1) is 0 Å². The third-order valence-electron chi connectivity index (χ3n) is 4.28. The molecule has 2 heterocycles. The summed E-state index contributed by atoms with van der Waals surface area (Å²) in [4.78, 5) is 4.61. The van der Waals surface area contributed by atoms with Crippen LogP contribution in [-0.2, 0) is 6.54 Å². The molecule has 7 nitrogen and oxygen atoms in total. The molecule has 0 aliphatic heterocycles. The van der Waals surface area contributed by atoms with Crippen molar-refractivity contribution in [3.63, 3.8) is 0 Å². The van der Waals surface area contributed by atoms with Gasteiger partial charge in [0, 0.05) is 17.5 Å². The second-order valence-corrected chi connectivity index (χ2v) is 5.91. The molecule has 1 N–H and O–H groups in total. The highest BCUT2D eigenvalue weighted by atomic mass is 16.5. The van der Waals surface area contributed by atoms with E-state index < -0.39 is 0 Å². The van der Waals surface area contributed by atoms with Gasteiger partial charge in [0.1, 0.15) is 11.3 Å². The van der Waals surface area contributed by atoms with Crippen molar-refractivity contribution >= 4 is 34.2 Å². The molecule has 0 unspecified atom stereocenters. The van der Waals surface area contributed by atoms with Gasteiger partial charge in [0.2, 0.25) is 0 Å². The maximum Gasteiger partial charge on any atom is 0.265 e. The number of hydrogen-bond donors (Lipinski definition) is 1. The summed E-state index contributed by atoms with van der Waals surface area (Å²) in [5.41, 5.74) is 6.43. The molecule has 2 aromatic carbocycles. The van der Waals surface area contributed by atoms with Gasteiger partial charge in [-0.1, -0.05) is 30.3 Å². The normalized spacial score (nSPS) is 11.5. The van der Waals surface area contributed by atoms with Crippen LogP contribution in [0.3, 0.4) is 0 Å². The largest absolute Gasteiger partial charge is 0.493 e. The first-order valence-corrected chi connectivity index (χ1v) is 8.94. The summed E-state index contributed by atoms with van der Waals surface area (Å²) >= 11 is 0. The average molecular weight is 360 g/mol. The van der Waals surface area contributed by atoms with Crippen LogP contribution in [0.4, 0.5) is 5.95 Å². The highest BCUT2D eigenvalue weighted by molar-refractivity contribution is 6.04. The fourth-order valence-electron chi connectivity index (χ4n) is 3.10. The standard InChI is InChI=1S/C20H20N6O/c1-3-26-16-11-7-6-10-15(16)18-19(26)22-20(25-23-18)24-21-13-14-9-5-8-12-17(14)27-4-2/h5-13H,3-4H2,1-2H3,(H,22,24,25)/b21-13+. The van der Waals surface area contributed by atoms with Crippen molar-refractivity contribution in [1.29, 1.82) is 0 Å². The summed E-state index contributed by atoms with van der Waals surface area (Å²) in [6.45, 7) is 5.44. The molecule has 0 aliphatic carbocycles. The van der Waals surface area contributed by atoms with E-state index in [1.165, 1.54) is 0 Å². The lowest BCUT2D eigenvalue weighted by molar-refractivity contribution is 0.340. The number of fused-ring (bicyclic) bond motifs is 3. The minimum absolute atomic E-state index is 0.352. The van der Waals surface area contributed by atoms with Crippen LogP contribution in [0.15, 0.2) is 53.6 Å². The third-order valence-corrected chi connectivity index (χ3v) is 4.28. The van der Waals surface area contributed by atoms with E-state index >= 15 is 0 Å². The molecule has 0 fully saturated rings. The van der Waals surface area contributed by atoms with Crippen LogP contribution >= 0.6 is 0 Å². The van der Waals surface area contributed by atoms with E-state index in [2.05, 4.69) is 43.3 Å². The van der Waals surface area contributed by atoms with Crippen LogP contribution in [0.5, 0.6) is 5.75 Å². The first-order chi connectivity index (χ1) is 13.3. The maximum absolute atomic E-state index is 5.60. The predicted octanol–water partition coefficient (Wildman–Crippen LogP) is 3.84. The number of para-hydroxylation sites is 2. The van der Waals surface area contributed by atoms with Crippen molar-refractivity contribution < 1.29 is 4.74 Å². The van der Waals surface area contributed by atoms with E-state index in [0.717, 1.165) is 39.9 Å². The first-order valence-electron chi connectivity index (χ1n) is 8.94. The molecular weight excluding hydrogens is 340 g/mol. The molecule has 0 saturated carbocycles. The van der Waals surface area contributed by atoms with E-state index in [1.54, 1.807) is 6.21 Å². The van der Waals surface area contributed by atoms with Crippen molar-refractivity contribution in [1.82, 2.24) is 19.7 Å². The van der Waals surface area contributed by atoms with Gasteiger partial charge in [0.25, 0.3) is 5.95 Å². The van der Waals surface area contributed by atoms with Gasteiger partial charge in [-0.3, -0.25) is 0 Å². The number of rotatable bonds is 6. The SMILES string of the molecule is CCOc1ccccc1/C=N/Nc1nnc2c3ccccc3n(CC)c2n1. The lowest BCUT2D eigenvalue weighted by Crippen LogP contribution is -2.02. The Morgan fingerprint density at radius 3 is 2.74 bits per heavy atom. The van der Waals surface area contributed by atoms with Crippen molar-refractivity contribution in [3.8, 4) is 5.75 Å². The van der Waals surface area contributed by atoms with E-state index in [-0.39, 0.29) is 0 Å². The molecule has 136 valence electrons. The molecule has 0 bridgehead atoms. The van der Waals surface area contributed by atoms with E-state index in [0.29, 0.717) is 12.6 Å². The molecule has 2 aromatic heterocycles. The Morgan fingerprint density at radius 1 is 1.07 bits per heavy atom. The van der Waals surface area contributed by atoms with Gasteiger partial charge < -0.3 is 9.30 Å². The van der Waals surface area contributed by atoms with E-state index in [1.807, 2.05) is 49.4 Å². The van der Waals surface area contributed by atoms with Gasteiger partial charge in [0.15, 0.2) is 5.65 Å². The van der Waals surface area contributed by atoms with Crippen LogP contribution in [0.1, 0.15) is 19.4 Å². The lowest BCUT2D eigenvalue weighted by Gasteiger charge is -2.06. The zero-order valence-corrected chi connectivity index (χ0v) is 15.3. The number of benzene rings is 2. The second kappa shape index (κ2) is 7.41. The molecule has 27 heavy (non-hydrogen) atoms. The molecule has 4 rings (SSSR count). The third kappa shape index (κ3) is 3.19. The fraction of sp³-hybridized carbons (Fsp3) is 0.200. The molecule has 4 aromatic rings. The van der Waals surface area contributed by atoms with Crippen molar-refractivity contribution in [2.24, 2.45) is 5.10 Å². The molecule has 0 aliphatic rings. The Bertz CT molecular complexity index is 1120. The molecule has 0 saturated heterocycles. The molecule has 7 heteroatoms. The van der Waals surface area contributed by atoms with Gasteiger partial charge >= 0.3 is 0 Å². The Kier molecular flexibility index (Phi) is 4.65. The van der Waals surface area contributed by atoms with Gasteiger partial charge in [-0.05, 0) is 32.0 Å². The zero-order chi connectivity index (χ0) is 18.6. The molecule has 0 amide bonds. The van der Waals surface area contributed by atoms with Crippen molar-refractivity contribution in [2.45, 2.75) is 20.4 Å². The molecular formula is C20H20N6O. The predicted molar refractivity (Wildman–Crippen MR) is 107 cm³/mol. The number of hydrogen-bond acceptors (Lipinski definition) is 6. The number of aryl methyl sites for hydroxylation is 1. The minimum atomic E-state index is 0.352. The number of anilines is 1. The number of nitrogens with one attached hydrogen (secondary N) is 1. The Balaban J connectivity index is 1.64. The first kappa shape index (κ1) is 17.0. The average Bonchev–Trinajstić information content (AvgIpc) is 3.02. The van der Waals surface area contributed by atoms with Gasteiger partial charge in [0.05, 0.1) is 18.3 Å². The molecule has 0 spiro atoms. The second-order valence-electron chi connectivity index (χ2n) is 5.91. The number of aromatic nitrogens is 4. The van der Waals surface area contributed by atoms with Crippen LogP contribution < -0.4 is 10.2 Å². The van der Waals surface area contributed by atoms with Gasteiger partial charge in [-0.2, -0.15) is 10.1 Å². The molecule has 0 atom stereocenters. The summed E-state index contributed by atoms with van der Waals surface area (Å²) in [6.07, 6.45) is 1.69. The van der Waals surface area contributed by atoms with Gasteiger partial charge in [-0.25, -0.2) is 5.43 Å². The monoisotopic (exact) mass is 360 g/mol. The maximum atomic E-state index is 5.60.